The van der Waals surface area contributed by atoms with Crippen LogP contribution in [-0.4, -0.2) is 12.6 Å². The van der Waals surface area contributed by atoms with Crippen LogP contribution in [0, 0.1) is 5.41 Å². The molecule has 0 aliphatic heterocycles. The third kappa shape index (κ3) is 1.06. The largest absolute Gasteiger partial charge is 0.330 e. The van der Waals surface area contributed by atoms with Crippen LogP contribution in [0.3, 0.4) is 0 Å². The van der Waals surface area contributed by atoms with E-state index in [4.69, 9.17) is 11.5 Å². The first kappa shape index (κ1) is 8.02. The summed E-state index contributed by atoms with van der Waals surface area (Å²) in [5, 5.41) is 0. The number of hydrogen-bond acceptors (Lipinski definition) is 2. The molecule has 2 atom stereocenters. The fourth-order valence-corrected chi connectivity index (χ4v) is 2.00. The highest BCUT2D eigenvalue weighted by atomic mass is 14.8. The maximum Gasteiger partial charge on any atom is 0.0107 e. The Kier molecular flexibility index (Phi) is 2.32. The molecule has 4 N–H and O–H groups in total. The van der Waals surface area contributed by atoms with Crippen molar-refractivity contribution in [3.63, 3.8) is 0 Å². The fraction of sp³-hybridized carbons (Fsp3) is 1.00. The molecule has 0 saturated heterocycles. The van der Waals surface area contributed by atoms with Crippen molar-refractivity contribution in [2.45, 2.75) is 38.6 Å². The molecule has 0 unspecified atom stereocenters. The quantitative estimate of drug-likeness (QED) is 0.600. The second-order valence-corrected chi connectivity index (χ2v) is 3.42. The summed E-state index contributed by atoms with van der Waals surface area (Å²) in [5.74, 6) is 0. The highest BCUT2D eigenvalue weighted by molar-refractivity contribution is 4.94. The predicted octanol–water partition coefficient (Wildman–Crippen LogP) is 0.853. The molecule has 1 rings (SSSR count). The average Bonchev–Trinajstić information content (AvgIpc) is 2.32. The summed E-state index contributed by atoms with van der Waals surface area (Å²) in [4.78, 5) is 0. The molecule has 1 fully saturated rings. The molecule has 0 radical (unpaired) electrons. The van der Waals surface area contributed by atoms with Gasteiger partial charge in [-0.2, -0.15) is 0 Å². The first-order chi connectivity index (χ1) is 4.75. The van der Waals surface area contributed by atoms with Crippen molar-refractivity contribution in [2.24, 2.45) is 16.9 Å². The van der Waals surface area contributed by atoms with Gasteiger partial charge in [0, 0.05) is 6.04 Å². The predicted molar refractivity (Wildman–Crippen MR) is 43.6 cm³/mol. The zero-order valence-electron chi connectivity index (χ0n) is 6.77. The first-order valence-corrected chi connectivity index (χ1v) is 4.21. The van der Waals surface area contributed by atoms with Gasteiger partial charge in [-0.25, -0.2) is 0 Å². The Morgan fingerprint density at radius 3 is 2.50 bits per heavy atom. The summed E-state index contributed by atoms with van der Waals surface area (Å²) in [6, 6.07) is 0.363. The van der Waals surface area contributed by atoms with Gasteiger partial charge in [-0.3, -0.25) is 0 Å². The average molecular weight is 142 g/mol. The molecule has 2 heteroatoms. The van der Waals surface area contributed by atoms with E-state index in [0.717, 1.165) is 13.0 Å². The highest BCUT2D eigenvalue weighted by Gasteiger charge is 2.37. The molecule has 1 aliphatic rings. The van der Waals surface area contributed by atoms with Gasteiger partial charge in [0.25, 0.3) is 0 Å². The number of hydrogen-bond donors (Lipinski definition) is 2. The van der Waals surface area contributed by atoms with Gasteiger partial charge in [0.05, 0.1) is 0 Å². The van der Waals surface area contributed by atoms with Crippen molar-refractivity contribution >= 4 is 0 Å². The van der Waals surface area contributed by atoms with Gasteiger partial charge >= 0.3 is 0 Å². The normalized spacial score (nSPS) is 40.5. The molecule has 0 spiro atoms. The second kappa shape index (κ2) is 2.89. The van der Waals surface area contributed by atoms with E-state index in [1.807, 2.05) is 0 Å². The zero-order chi connectivity index (χ0) is 7.61. The van der Waals surface area contributed by atoms with E-state index in [0.29, 0.717) is 11.5 Å². The molecule has 1 aliphatic carbocycles. The van der Waals surface area contributed by atoms with Gasteiger partial charge in [0.15, 0.2) is 0 Å². The molecule has 10 heavy (non-hydrogen) atoms. The lowest BCUT2D eigenvalue weighted by atomic mass is 9.80. The van der Waals surface area contributed by atoms with Gasteiger partial charge in [-0.1, -0.05) is 13.3 Å². The SMILES string of the molecule is CC[C@]1(CN)CCC[C@H]1N. The Morgan fingerprint density at radius 1 is 1.60 bits per heavy atom. The van der Waals surface area contributed by atoms with Crippen LogP contribution in [0.1, 0.15) is 32.6 Å². The molecule has 0 aromatic rings. The van der Waals surface area contributed by atoms with E-state index >= 15 is 0 Å². The van der Waals surface area contributed by atoms with Crippen LogP contribution < -0.4 is 11.5 Å². The molecular formula is C8H18N2. The van der Waals surface area contributed by atoms with E-state index < -0.39 is 0 Å². The smallest absolute Gasteiger partial charge is 0.0107 e. The summed E-state index contributed by atoms with van der Waals surface area (Å²) in [6.07, 6.45) is 4.82. The molecular weight excluding hydrogens is 124 g/mol. The lowest BCUT2D eigenvalue weighted by molar-refractivity contribution is 0.259. The van der Waals surface area contributed by atoms with Gasteiger partial charge in [0.1, 0.15) is 0 Å². The third-order valence-corrected chi connectivity index (χ3v) is 3.09. The van der Waals surface area contributed by atoms with Crippen molar-refractivity contribution in [3.05, 3.63) is 0 Å². The Bertz CT molecular complexity index is 108. The molecule has 0 bridgehead atoms. The zero-order valence-corrected chi connectivity index (χ0v) is 6.77. The Balaban J connectivity index is 2.61. The minimum Gasteiger partial charge on any atom is -0.330 e. The van der Waals surface area contributed by atoms with E-state index in [-0.39, 0.29) is 0 Å². The first-order valence-electron chi connectivity index (χ1n) is 4.21. The lowest BCUT2D eigenvalue weighted by Gasteiger charge is -2.30. The minimum absolute atomic E-state index is 0.292. The maximum atomic E-state index is 5.96. The molecule has 0 aromatic carbocycles. The topological polar surface area (TPSA) is 52.0 Å². The highest BCUT2D eigenvalue weighted by Crippen LogP contribution is 2.38. The lowest BCUT2D eigenvalue weighted by Crippen LogP contribution is -2.42. The summed E-state index contributed by atoms with van der Waals surface area (Å²) < 4.78 is 0. The number of rotatable bonds is 2. The molecule has 0 heterocycles. The van der Waals surface area contributed by atoms with E-state index in [1.165, 1.54) is 19.3 Å². The molecule has 60 valence electrons. The standard InChI is InChI=1S/C8H18N2/c1-2-8(6-9)5-3-4-7(8)10/h7H,2-6,9-10H2,1H3/t7-,8-/m1/s1. The fourth-order valence-electron chi connectivity index (χ4n) is 2.00. The summed E-state index contributed by atoms with van der Waals surface area (Å²) >= 11 is 0. The third-order valence-electron chi connectivity index (χ3n) is 3.09. The Morgan fingerprint density at radius 2 is 2.30 bits per heavy atom. The molecule has 0 aromatic heterocycles. The Hall–Kier alpha value is -0.0800. The molecule has 2 nitrogen and oxygen atoms in total. The molecule has 0 amide bonds. The van der Waals surface area contributed by atoms with Crippen molar-refractivity contribution in [1.82, 2.24) is 0 Å². The van der Waals surface area contributed by atoms with Crippen molar-refractivity contribution in [2.75, 3.05) is 6.54 Å². The van der Waals surface area contributed by atoms with Crippen LogP contribution in [0.15, 0.2) is 0 Å². The monoisotopic (exact) mass is 142 g/mol. The summed E-state index contributed by atoms with van der Waals surface area (Å²) in [7, 11) is 0. The van der Waals surface area contributed by atoms with Crippen LogP contribution in [0.4, 0.5) is 0 Å². The van der Waals surface area contributed by atoms with E-state index in [1.54, 1.807) is 0 Å². The minimum atomic E-state index is 0.292. The summed E-state index contributed by atoms with van der Waals surface area (Å²) in [5.41, 5.74) is 11.9. The van der Waals surface area contributed by atoms with Crippen LogP contribution in [-0.2, 0) is 0 Å². The van der Waals surface area contributed by atoms with E-state index in [2.05, 4.69) is 6.92 Å². The Labute approximate surface area is 63.0 Å². The van der Waals surface area contributed by atoms with Gasteiger partial charge in [-0.15, -0.1) is 0 Å². The van der Waals surface area contributed by atoms with Crippen molar-refractivity contribution in [1.29, 1.82) is 0 Å². The number of nitrogens with two attached hydrogens (primary N) is 2. The van der Waals surface area contributed by atoms with Crippen molar-refractivity contribution < 1.29 is 0 Å². The van der Waals surface area contributed by atoms with E-state index in [9.17, 15) is 0 Å². The van der Waals surface area contributed by atoms with Crippen LogP contribution >= 0.6 is 0 Å². The molecule has 1 saturated carbocycles. The summed E-state index contributed by atoms with van der Waals surface area (Å²) in [6.45, 7) is 2.96. The van der Waals surface area contributed by atoms with Crippen molar-refractivity contribution in [3.8, 4) is 0 Å². The van der Waals surface area contributed by atoms with Crippen LogP contribution in [0.25, 0.3) is 0 Å². The van der Waals surface area contributed by atoms with Crippen LogP contribution in [0.2, 0.25) is 0 Å². The second-order valence-electron chi connectivity index (χ2n) is 3.42. The maximum absolute atomic E-state index is 5.96. The van der Waals surface area contributed by atoms with Crippen LogP contribution in [0.5, 0.6) is 0 Å². The van der Waals surface area contributed by atoms with Gasteiger partial charge in [0.2, 0.25) is 0 Å². The van der Waals surface area contributed by atoms with Gasteiger partial charge in [-0.05, 0) is 31.2 Å². The van der Waals surface area contributed by atoms with Gasteiger partial charge < -0.3 is 11.5 Å².